The highest BCUT2D eigenvalue weighted by Gasteiger charge is 2.63. The topological polar surface area (TPSA) is 37.3 Å². The zero-order valence-electron chi connectivity index (χ0n) is 11.9. The molecule has 0 aromatic heterocycles. The average molecular weight is 339 g/mol. The van der Waals surface area contributed by atoms with Crippen LogP contribution in [0, 0.1) is 23.1 Å². The Bertz CT molecular complexity index is 602. The van der Waals surface area contributed by atoms with Crippen molar-refractivity contribution < 1.29 is 27.5 Å². The first-order valence-corrected chi connectivity index (χ1v) is 7.11. The van der Waals surface area contributed by atoms with E-state index in [9.17, 15) is 27.5 Å². The van der Waals surface area contributed by atoms with Crippen molar-refractivity contribution in [2.24, 2.45) is 17.3 Å². The standard InChI is InChI=1S/C15H15ClF4O2/c1-7-12(8-3-4-11(17)10(16)5-8)9(13(21)22)6-14(7,2)15(18,19)20/h3-5,7,9,12H,6H2,1-2H3,(H,21,22)/t7-,9+,12+,14+/m0/s1. The highest BCUT2D eigenvalue weighted by molar-refractivity contribution is 6.30. The van der Waals surface area contributed by atoms with E-state index in [-0.39, 0.29) is 5.02 Å². The molecule has 122 valence electrons. The van der Waals surface area contributed by atoms with Gasteiger partial charge in [-0.25, -0.2) is 4.39 Å². The van der Waals surface area contributed by atoms with Gasteiger partial charge in [0, 0.05) is 5.92 Å². The van der Waals surface area contributed by atoms with Crippen LogP contribution in [-0.4, -0.2) is 17.3 Å². The monoisotopic (exact) mass is 338 g/mol. The molecule has 1 aliphatic rings. The molecule has 22 heavy (non-hydrogen) atoms. The van der Waals surface area contributed by atoms with Crippen LogP contribution < -0.4 is 0 Å². The Hall–Kier alpha value is -1.30. The number of aliphatic carboxylic acids is 1. The van der Waals surface area contributed by atoms with Crippen molar-refractivity contribution in [1.29, 1.82) is 0 Å². The van der Waals surface area contributed by atoms with Gasteiger partial charge in [0.1, 0.15) is 5.82 Å². The molecule has 7 heteroatoms. The van der Waals surface area contributed by atoms with Crippen molar-refractivity contribution in [1.82, 2.24) is 0 Å². The second kappa shape index (κ2) is 5.41. The largest absolute Gasteiger partial charge is 0.481 e. The van der Waals surface area contributed by atoms with Crippen LogP contribution in [-0.2, 0) is 4.79 Å². The summed E-state index contributed by atoms with van der Waals surface area (Å²) < 4.78 is 53.4. The molecule has 0 amide bonds. The third-order valence-corrected chi connectivity index (χ3v) is 5.20. The van der Waals surface area contributed by atoms with Gasteiger partial charge in [-0.05, 0) is 30.0 Å². The molecule has 1 N–H and O–H groups in total. The highest BCUT2D eigenvalue weighted by Crippen LogP contribution is 2.61. The maximum absolute atomic E-state index is 13.4. The molecule has 1 aromatic rings. The zero-order valence-corrected chi connectivity index (χ0v) is 12.7. The second-order valence-electron chi connectivity index (χ2n) is 6.05. The summed E-state index contributed by atoms with van der Waals surface area (Å²) in [6, 6.07) is 3.57. The van der Waals surface area contributed by atoms with E-state index in [2.05, 4.69) is 0 Å². The van der Waals surface area contributed by atoms with Crippen LogP contribution in [0.4, 0.5) is 17.6 Å². The number of hydrogen-bond donors (Lipinski definition) is 1. The van der Waals surface area contributed by atoms with E-state index in [1.807, 2.05) is 0 Å². The Kier molecular flexibility index (Phi) is 4.19. The number of carboxylic acid groups (broad SMARTS) is 1. The summed E-state index contributed by atoms with van der Waals surface area (Å²) in [5.41, 5.74) is -1.79. The van der Waals surface area contributed by atoms with Crippen LogP contribution in [0.5, 0.6) is 0 Å². The summed E-state index contributed by atoms with van der Waals surface area (Å²) in [5.74, 6) is -5.01. The Labute approximate surface area is 130 Å². The average Bonchev–Trinajstić information content (AvgIpc) is 2.67. The van der Waals surface area contributed by atoms with E-state index < -0.39 is 47.6 Å². The van der Waals surface area contributed by atoms with Crippen molar-refractivity contribution >= 4 is 17.6 Å². The van der Waals surface area contributed by atoms with Crippen molar-refractivity contribution in [3.8, 4) is 0 Å². The minimum Gasteiger partial charge on any atom is -0.481 e. The van der Waals surface area contributed by atoms with E-state index in [1.54, 1.807) is 0 Å². The lowest BCUT2D eigenvalue weighted by atomic mass is 9.75. The molecule has 1 aromatic carbocycles. The predicted molar refractivity (Wildman–Crippen MR) is 73.2 cm³/mol. The number of hydrogen-bond acceptors (Lipinski definition) is 1. The molecule has 0 heterocycles. The lowest BCUT2D eigenvalue weighted by Crippen LogP contribution is -2.38. The first-order valence-electron chi connectivity index (χ1n) is 6.73. The molecule has 0 spiro atoms. The predicted octanol–water partition coefficient (Wildman–Crippen LogP) is 4.87. The Morgan fingerprint density at radius 1 is 1.41 bits per heavy atom. The maximum Gasteiger partial charge on any atom is 0.394 e. The summed E-state index contributed by atoms with van der Waals surface area (Å²) in [5, 5.41) is 9.08. The summed E-state index contributed by atoms with van der Waals surface area (Å²) in [6.07, 6.45) is -5.02. The smallest absolute Gasteiger partial charge is 0.394 e. The molecule has 4 atom stereocenters. The summed E-state index contributed by atoms with van der Waals surface area (Å²) >= 11 is 5.68. The highest BCUT2D eigenvalue weighted by atomic mass is 35.5. The van der Waals surface area contributed by atoms with Crippen molar-refractivity contribution in [3.63, 3.8) is 0 Å². The van der Waals surface area contributed by atoms with Gasteiger partial charge in [0.25, 0.3) is 0 Å². The van der Waals surface area contributed by atoms with Crippen molar-refractivity contribution in [2.75, 3.05) is 0 Å². The first-order chi connectivity index (χ1) is 9.99. The molecule has 0 bridgehead atoms. The number of alkyl halides is 3. The minimum absolute atomic E-state index is 0.227. The summed E-state index contributed by atoms with van der Waals surface area (Å²) in [6.45, 7) is 2.43. The quantitative estimate of drug-likeness (QED) is 0.781. The van der Waals surface area contributed by atoms with E-state index in [4.69, 9.17) is 11.6 Å². The van der Waals surface area contributed by atoms with Gasteiger partial charge in [-0.2, -0.15) is 13.2 Å². The van der Waals surface area contributed by atoms with Crippen LogP contribution in [0.25, 0.3) is 0 Å². The Balaban J connectivity index is 2.52. The van der Waals surface area contributed by atoms with Gasteiger partial charge < -0.3 is 5.11 Å². The molecular formula is C15H15ClF4O2. The molecule has 0 radical (unpaired) electrons. The number of benzene rings is 1. The van der Waals surface area contributed by atoms with Gasteiger partial charge in [-0.15, -0.1) is 0 Å². The molecule has 1 fully saturated rings. The Morgan fingerprint density at radius 3 is 2.45 bits per heavy atom. The first kappa shape index (κ1) is 17.1. The van der Waals surface area contributed by atoms with Crippen molar-refractivity contribution in [3.05, 3.63) is 34.6 Å². The van der Waals surface area contributed by atoms with Gasteiger partial charge in [-0.1, -0.05) is 31.5 Å². The van der Waals surface area contributed by atoms with E-state index in [1.165, 1.54) is 19.1 Å². The second-order valence-corrected chi connectivity index (χ2v) is 6.46. The van der Waals surface area contributed by atoms with E-state index >= 15 is 0 Å². The van der Waals surface area contributed by atoms with E-state index in [0.717, 1.165) is 13.0 Å². The number of halogens is 5. The van der Waals surface area contributed by atoms with Crippen LogP contribution in [0.15, 0.2) is 18.2 Å². The fourth-order valence-corrected chi connectivity index (χ4v) is 3.56. The lowest BCUT2D eigenvalue weighted by molar-refractivity contribution is -0.229. The SMILES string of the molecule is C[C@H]1[C@H](c2ccc(F)c(Cl)c2)[C@H](C(=O)O)C[C@@]1(C)C(F)(F)F. The van der Waals surface area contributed by atoms with Gasteiger partial charge in [0.2, 0.25) is 0 Å². The summed E-state index contributed by atoms with van der Waals surface area (Å²) in [7, 11) is 0. The number of rotatable bonds is 2. The van der Waals surface area contributed by atoms with Crippen LogP contribution in [0.1, 0.15) is 31.7 Å². The zero-order chi connectivity index (χ0) is 16.9. The Morgan fingerprint density at radius 2 is 2.00 bits per heavy atom. The van der Waals surface area contributed by atoms with E-state index in [0.29, 0.717) is 5.56 Å². The third kappa shape index (κ3) is 2.57. The number of carboxylic acids is 1. The van der Waals surface area contributed by atoms with Crippen LogP contribution in [0.2, 0.25) is 5.02 Å². The number of carbonyl (C=O) groups is 1. The molecule has 2 nitrogen and oxygen atoms in total. The molecule has 0 unspecified atom stereocenters. The van der Waals surface area contributed by atoms with Gasteiger partial charge >= 0.3 is 12.1 Å². The molecule has 2 rings (SSSR count). The summed E-state index contributed by atoms with van der Waals surface area (Å²) in [4.78, 5) is 11.4. The van der Waals surface area contributed by atoms with Gasteiger partial charge in [0.15, 0.2) is 0 Å². The lowest BCUT2D eigenvalue weighted by Gasteiger charge is -2.33. The molecule has 1 saturated carbocycles. The van der Waals surface area contributed by atoms with Crippen LogP contribution in [0.3, 0.4) is 0 Å². The van der Waals surface area contributed by atoms with Crippen LogP contribution >= 0.6 is 11.6 Å². The maximum atomic E-state index is 13.4. The fourth-order valence-electron chi connectivity index (χ4n) is 3.37. The van der Waals surface area contributed by atoms with Gasteiger partial charge in [-0.3, -0.25) is 4.79 Å². The molecule has 0 saturated heterocycles. The molecule has 0 aliphatic heterocycles. The van der Waals surface area contributed by atoms with Gasteiger partial charge in [0.05, 0.1) is 16.4 Å². The fraction of sp³-hybridized carbons (Fsp3) is 0.533. The van der Waals surface area contributed by atoms with Crippen molar-refractivity contribution in [2.45, 2.75) is 32.4 Å². The molecular weight excluding hydrogens is 324 g/mol. The minimum atomic E-state index is -4.52. The normalized spacial score (nSPS) is 32.2. The third-order valence-electron chi connectivity index (χ3n) is 4.91. The molecule has 1 aliphatic carbocycles.